The number of ketones is 2. The highest BCUT2D eigenvalue weighted by Gasteiger charge is 2.50. The maximum atomic E-state index is 13.8. The summed E-state index contributed by atoms with van der Waals surface area (Å²) >= 11 is 0. The molecule has 4 aliphatic heterocycles. The van der Waals surface area contributed by atoms with Gasteiger partial charge in [-0.05, 0) is 109 Å². The summed E-state index contributed by atoms with van der Waals surface area (Å²) in [6.45, 7) is 11.7. The molecular weight excluding hydrogens is 588 g/mol. The molecule has 2 bridgehead atoms. The zero-order valence-corrected chi connectivity index (χ0v) is 28.1. The van der Waals surface area contributed by atoms with E-state index in [0.717, 1.165) is 44.3 Å². The van der Waals surface area contributed by atoms with Gasteiger partial charge in [0.15, 0.2) is 6.10 Å². The number of Topliss-reactive ketones (excluding diaryl/α,β-unsaturated/α-hetero) is 2. The van der Waals surface area contributed by atoms with Crippen LogP contribution in [0.15, 0.2) is 24.3 Å². The molecule has 3 saturated heterocycles. The molecule has 0 aromatic carbocycles. The van der Waals surface area contributed by atoms with Gasteiger partial charge >= 0.3 is 11.9 Å². The number of hydrogen-bond donors (Lipinski definition) is 1. The number of cyclic esters (lactones) is 2. The van der Waals surface area contributed by atoms with E-state index < -0.39 is 47.5 Å². The third kappa shape index (κ3) is 9.37. The van der Waals surface area contributed by atoms with Crippen LogP contribution in [0.25, 0.3) is 0 Å². The van der Waals surface area contributed by atoms with E-state index in [9.17, 15) is 24.0 Å². The lowest BCUT2D eigenvalue weighted by Gasteiger charge is -2.37. The number of carbonyl (C=O) groups excluding carboxylic acids is 5. The lowest BCUT2D eigenvalue weighted by Crippen LogP contribution is -2.55. The van der Waals surface area contributed by atoms with E-state index in [1.54, 1.807) is 6.08 Å². The molecule has 1 amide bonds. The van der Waals surface area contributed by atoms with Gasteiger partial charge in [-0.15, -0.1) is 6.58 Å². The Labute approximate surface area is 274 Å². The third-order valence-electron chi connectivity index (χ3n) is 10.3. The lowest BCUT2D eigenvalue weighted by atomic mass is 9.86. The number of ether oxygens (including phenoxy) is 3. The van der Waals surface area contributed by atoms with Crippen LogP contribution in [0.4, 0.5) is 0 Å². The molecule has 0 aliphatic carbocycles. The molecule has 46 heavy (non-hydrogen) atoms. The Morgan fingerprint density at radius 3 is 2.57 bits per heavy atom. The van der Waals surface area contributed by atoms with Crippen LogP contribution < -0.4 is 5.32 Å². The summed E-state index contributed by atoms with van der Waals surface area (Å²) in [7, 11) is 0. The van der Waals surface area contributed by atoms with Gasteiger partial charge in [0.05, 0.1) is 6.61 Å². The van der Waals surface area contributed by atoms with Crippen molar-refractivity contribution < 1.29 is 38.2 Å². The Kier molecular flexibility index (Phi) is 13.2. The molecule has 0 spiro atoms. The average molecular weight is 643 g/mol. The molecule has 3 unspecified atom stereocenters. The number of amides is 1. The second-order valence-electron chi connectivity index (χ2n) is 14.0. The molecule has 4 rings (SSSR count). The highest BCUT2D eigenvalue weighted by molar-refractivity contribution is 6.39. The Bertz CT molecular complexity index is 1160. The van der Waals surface area contributed by atoms with Crippen LogP contribution in [-0.4, -0.2) is 84.4 Å². The van der Waals surface area contributed by atoms with Crippen molar-refractivity contribution in [2.75, 3.05) is 26.2 Å². The van der Waals surface area contributed by atoms with Crippen LogP contribution in [-0.2, 0) is 38.2 Å². The Morgan fingerprint density at radius 2 is 1.83 bits per heavy atom. The minimum Gasteiger partial charge on any atom is -0.463 e. The average Bonchev–Trinajstić information content (AvgIpc) is 3.47. The van der Waals surface area contributed by atoms with Crippen molar-refractivity contribution in [3.63, 3.8) is 0 Å². The molecular formula is C36H54N2O8. The molecule has 4 aliphatic rings. The number of nitrogens with one attached hydrogen (secondary N) is 1. The van der Waals surface area contributed by atoms with Crippen LogP contribution in [0.5, 0.6) is 0 Å². The minimum atomic E-state index is -1.48. The first kappa shape index (κ1) is 36.0. The molecule has 256 valence electrons. The molecule has 0 aromatic heterocycles. The Morgan fingerprint density at radius 1 is 1.02 bits per heavy atom. The van der Waals surface area contributed by atoms with Gasteiger partial charge in [0.2, 0.25) is 0 Å². The minimum absolute atomic E-state index is 0.0791. The molecule has 1 N–H and O–H groups in total. The van der Waals surface area contributed by atoms with Gasteiger partial charge in [-0.3, -0.25) is 14.4 Å². The molecule has 0 radical (unpaired) electrons. The van der Waals surface area contributed by atoms with Crippen molar-refractivity contribution in [3.05, 3.63) is 24.3 Å². The summed E-state index contributed by atoms with van der Waals surface area (Å²) < 4.78 is 17.6. The SMILES string of the molecule is C=CCC1/C=C(\C)CCOC(=O)[C@@H]2CC[C@@](C)(O2)C(=O)C(=O)N2CCCC[C@H]2C(=O)OC(CCC2CCCNC2)[C@H](C)CCC1=O. The van der Waals surface area contributed by atoms with E-state index in [-0.39, 0.29) is 43.6 Å². The molecule has 10 nitrogen and oxygen atoms in total. The zero-order chi connectivity index (χ0) is 33.3. The van der Waals surface area contributed by atoms with Crippen molar-refractivity contribution in [2.45, 2.75) is 128 Å². The largest absolute Gasteiger partial charge is 0.463 e. The summed E-state index contributed by atoms with van der Waals surface area (Å²) in [6.07, 6.45) is 10.2. The number of esters is 2. The van der Waals surface area contributed by atoms with E-state index in [2.05, 4.69) is 11.9 Å². The van der Waals surface area contributed by atoms with E-state index in [4.69, 9.17) is 14.2 Å². The van der Waals surface area contributed by atoms with Crippen LogP contribution in [0.3, 0.4) is 0 Å². The number of piperidine rings is 2. The fourth-order valence-electron chi connectivity index (χ4n) is 7.25. The second kappa shape index (κ2) is 16.8. The molecule has 7 atom stereocenters. The van der Waals surface area contributed by atoms with Gasteiger partial charge in [-0.25, -0.2) is 9.59 Å². The summed E-state index contributed by atoms with van der Waals surface area (Å²) in [5.41, 5.74) is -0.556. The predicted octanol–water partition coefficient (Wildman–Crippen LogP) is 4.64. The van der Waals surface area contributed by atoms with Gasteiger partial charge in [-0.2, -0.15) is 0 Å². The topological polar surface area (TPSA) is 128 Å². The monoisotopic (exact) mass is 642 g/mol. The van der Waals surface area contributed by atoms with Crippen LogP contribution in [0, 0.1) is 17.8 Å². The summed E-state index contributed by atoms with van der Waals surface area (Å²) in [5, 5.41) is 3.45. The number of allylic oxidation sites excluding steroid dienone is 2. The van der Waals surface area contributed by atoms with Gasteiger partial charge in [-0.1, -0.05) is 24.6 Å². The molecule has 0 saturated carbocycles. The molecule has 10 heteroatoms. The molecule has 3 fully saturated rings. The summed E-state index contributed by atoms with van der Waals surface area (Å²) in [4.78, 5) is 68.7. The normalized spacial score (nSPS) is 35.7. The van der Waals surface area contributed by atoms with Crippen LogP contribution in [0.2, 0.25) is 0 Å². The van der Waals surface area contributed by atoms with Crippen molar-refractivity contribution >= 4 is 29.4 Å². The Hall–Kier alpha value is -2.85. The molecule has 0 aromatic rings. The summed E-state index contributed by atoms with van der Waals surface area (Å²) in [6, 6.07) is -0.872. The van der Waals surface area contributed by atoms with Crippen molar-refractivity contribution in [1.82, 2.24) is 10.2 Å². The lowest BCUT2D eigenvalue weighted by molar-refractivity contribution is -0.171. The quantitative estimate of drug-likeness (QED) is 0.259. The highest BCUT2D eigenvalue weighted by atomic mass is 16.6. The number of hydrogen-bond acceptors (Lipinski definition) is 9. The number of fused-ring (bicyclic) bond motifs is 3. The fourth-order valence-corrected chi connectivity index (χ4v) is 7.25. The van der Waals surface area contributed by atoms with Gasteiger partial charge in [0, 0.05) is 25.3 Å². The van der Waals surface area contributed by atoms with Crippen LogP contribution >= 0.6 is 0 Å². The van der Waals surface area contributed by atoms with Gasteiger partial charge in [0.25, 0.3) is 11.7 Å². The van der Waals surface area contributed by atoms with Gasteiger partial charge in [0.1, 0.15) is 23.5 Å². The maximum absolute atomic E-state index is 13.8. The number of carbonyl (C=O) groups is 5. The smallest absolute Gasteiger partial charge is 0.335 e. The number of rotatable bonds is 5. The summed E-state index contributed by atoms with van der Waals surface area (Å²) in [5.74, 6) is -2.44. The zero-order valence-electron chi connectivity index (χ0n) is 28.1. The standard InChI is InChI=1S/C36H54N2O8/c1-5-9-27-22-24(2)17-21-44-35(43)31-16-18-36(4,46-31)32(40)33(41)38-20-7-6-11-28(38)34(42)45-30(25(3)12-14-29(27)39)15-13-26-10-8-19-37-23-26/h5,22,25-28,30-31,37H,1,6-21,23H2,2-4H3/b24-22+/t25-,26?,27?,28+,30?,31+,36-/m1/s1. The second-order valence-corrected chi connectivity index (χ2v) is 14.0. The van der Waals surface area contributed by atoms with E-state index >= 15 is 0 Å². The van der Waals surface area contributed by atoms with Gasteiger partial charge < -0.3 is 24.4 Å². The predicted molar refractivity (Wildman–Crippen MR) is 173 cm³/mol. The first-order valence-electron chi connectivity index (χ1n) is 17.4. The fraction of sp³-hybridized carbons (Fsp3) is 0.750. The highest BCUT2D eigenvalue weighted by Crippen LogP contribution is 2.34. The first-order chi connectivity index (χ1) is 22.0. The van der Waals surface area contributed by atoms with E-state index in [1.165, 1.54) is 11.8 Å². The Balaban J connectivity index is 1.59. The maximum Gasteiger partial charge on any atom is 0.335 e. The van der Waals surface area contributed by atoms with Crippen LogP contribution in [0.1, 0.15) is 104 Å². The van der Waals surface area contributed by atoms with Crippen molar-refractivity contribution in [2.24, 2.45) is 17.8 Å². The number of nitrogens with zero attached hydrogens (tertiary/aromatic N) is 1. The van der Waals surface area contributed by atoms with Crippen molar-refractivity contribution in [1.29, 1.82) is 0 Å². The third-order valence-corrected chi connectivity index (χ3v) is 10.3. The van der Waals surface area contributed by atoms with E-state index in [0.29, 0.717) is 50.9 Å². The molecule has 4 heterocycles. The van der Waals surface area contributed by atoms with E-state index in [1.807, 2.05) is 19.9 Å². The first-order valence-corrected chi connectivity index (χ1v) is 17.4. The van der Waals surface area contributed by atoms with Crippen molar-refractivity contribution in [3.8, 4) is 0 Å².